The zero-order chi connectivity index (χ0) is 20.5. The first-order valence-corrected chi connectivity index (χ1v) is 10.5. The molecule has 1 aromatic carbocycles. The van der Waals surface area contributed by atoms with Crippen LogP contribution in [0.3, 0.4) is 0 Å². The molecular formula is C19H25N3O5S. The molecule has 0 saturated carbocycles. The van der Waals surface area contributed by atoms with Crippen molar-refractivity contribution in [1.82, 2.24) is 9.29 Å². The quantitative estimate of drug-likeness (QED) is 0.767. The molecule has 9 heteroatoms. The number of aromatic nitrogens is 1. The van der Waals surface area contributed by atoms with E-state index in [9.17, 15) is 13.2 Å². The SMILES string of the molecule is COc1ccc(OC)c(NC(=O)c2[nH]c(C)c(S(=O)(=O)N3CCCC3)c2C)c1. The molecule has 0 aliphatic carbocycles. The van der Waals surface area contributed by atoms with E-state index in [-0.39, 0.29) is 10.6 Å². The molecule has 0 atom stereocenters. The van der Waals surface area contributed by atoms with E-state index in [4.69, 9.17) is 9.47 Å². The van der Waals surface area contributed by atoms with Crippen molar-refractivity contribution in [3.05, 3.63) is 35.2 Å². The normalized spacial score (nSPS) is 14.9. The molecule has 2 heterocycles. The maximum absolute atomic E-state index is 13.0. The third-order valence-corrected chi connectivity index (χ3v) is 7.09. The number of carbonyl (C=O) groups is 1. The molecule has 2 N–H and O–H groups in total. The molecular weight excluding hydrogens is 382 g/mol. The molecule has 152 valence electrons. The Kier molecular flexibility index (Phi) is 5.66. The third kappa shape index (κ3) is 3.59. The number of anilines is 1. The Morgan fingerprint density at radius 3 is 2.43 bits per heavy atom. The van der Waals surface area contributed by atoms with E-state index in [0.29, 0.717) is 41.5 Å². The monoisotopic (exact) mass is 407 g/mol. The molecule has 1 saturated heterocycles. The Bertz CT molecular complexity index is 991. The van der Waals surface area contributed by atoms with Crippen LogP contribution in [-0.4, -0.2) is 50.9 Å². The summed E-state index contributed by atoms with van der Waals surface area (Å²) < 4.78 is 37.9. The molecule has 1 aliphatic heterocycles. The summed E-state index contributed by atoms with van der Waals surface area (Å²) in [6.45, 7) is 4.33. The first-order chi connectivity index (χ1) is 13.3. The average Bonchev–Trinajstić information content (AvgIpc) is 3.30. The Hall–Kier alpha value is -2.52. The van der Waals surface area contributed by atoms with Crippen LogP contribution in [0.15, 0.2) is 23.1 Å². The fraction of sp³-hybridized carbons (Fsp3) is 0.421. The van der Waals surface area contributed by atoms with Gasteiger partial charge in [-0.3, -0.25) is 4.79 Å². The number of benzene rings is 1. The van der Waals surface area contributed by atoms with Gasteiger partial charge in [-0.05, 0) is 44.4 Å². The first kappa shape index (κ1) is 20.2. The fourth-order valence-electron chi connectivity index (χ4n) is 3.50. The Morgan fingerprint density at radius 1 is 1.14 bits per heavy atom. The maximum atomic E-state index is 13.0. The van der Waals surface area contributed by atoms with E-state index >= 15 is 0 Å². The van der Waals surface area contributed by atoms with Gasteiger partial charge in [-0.1, -0.05) is 0 Å². The minimum absolute atomic E-state index is 0.178. The van der Waals surface area contributed by atoms with Crippen molar-refractivity contribution in [2.24, 2.45) is 0 Å². The lowest BCUT2D eigenvalue weighted by Crippen LogP contribution is -2.28. The number of nitrogens with zero attached hydrogens (tertiary/aromatic N) is 1. The van der Waals surface area contributed by atoms with E-state index in [2.05, 4.69) is 10.3 Å². The summed E-state index contributed by atoms with van der Waals surface area (Å²) in [6, 6.07) is 5.05. The molecule has 1 aromatic heterocycles. The van der Waals surface area contributed by atoms with E-state index in [1.807, 2.05) is 0 Å². The molecule has 1 amide bonds. The van der Waals surface area contributed by atoms with Crippen LogP contribution >= 0.6 is 0 Å². The van der Waals surface area contributed by atoms with E-state index < -0.39 is 15.9 Å². The average molecular weight is 407 g/mol. The number of nitrogens with one attached hydrogen (secondary N) is 2. The second kappa shape index (κ2) is 7.84. The van der Waals surface area contributed by atoms with Crippen LogP contribution in [0, 0.1) is 13.8 Å². The van der Waals surface area contributed by atoms with Crippen molar-refractivity contribution >= 4 is 21.6 Å². The summed E-state index contributed by atoms with van der Waals surface area (Å²) in [5.74, 6) is 0.586. The highest BCUT2D eigenvalue weighted by Crippen LogP contribution is 2.31. The van der Waals surface area contributed by atoms with Crippen LogP contribution in [0.2, 0.25) is 0 Å². The van der Waals surface area contributed by atoms with Gasteiger partial charge in [-0.2, -0.15) is 4.31 Å². The zero-order valence-corrected chi connectivity index (χ0v) is 17.3. The highest BCUT2D eigenvalue weighted by atomic mass is 32.2. The number of carbonyl (C=O) groups excluding carboxylic acids is 1. The summed E-state index contributed by atoms with van der Waals surface area (Å²) in [5, 5.41) is 2.77. The molecule has 2 aromatic rings. The molecule has 8 nitrogen and oxygen atoms in total. The number of H-pyrrole nitrogens is 1. The lowest BCUT2D eigenvalue weighted by molar-refractivity contribution is 0.102. The highest BCUT2D eigenvalue weighted by molar-refractivity contribution is 7.89. The number of hydrogen-bond acceptors (Lipinski definition) is 5. The second-order valence-corrected chi connectivity index (χ2v) is 8.59. The topological polar surface area (TPSA) is 101 Å². The maximum Gasteiger partial charge on any atom is 0.272 e. The summed E-state index contributed by atoms with van der Waals surface area (Å²) in [5.41, 5.74) is 1.50. The fourth-order valence-corrected chi connectivity index (χ4v) is 5.42. The number of aromatic amines is 1. The summed E-state index contributed by atoms with van der Waals surface area (Å²) in [4.78, 5) is 16.0. The summed E-state index contributed by atoms with van der Waals surface area (Å²) in [6.07, 6.45) is 1.70. The minimum atomic E-state index is -3.63. The summed E-state index contributed by atoms with van der Waals surface area (Å²) in [7, 11) is -0.600. The van der Waals surface area contributed by atoms with Crippen molar-refractivity contribution < 1.29 is 22.7 Å². The van der Waals surface area contributed by atoms with Crippen LogP contribution in [0.4, 0.5) is 5.69 Å². The van der Waals surface area contributed by atoms with Gasteiger partial charge < -0.3 is 19.8 Å². The van der Waals surface area contributed by atoms with Gasteiger partial charge in [-0.15, -0.1) is 0 Å². The molecule has 1 aliphatic rings. The van der Waals surface area contributed by atoms with Gasteiger partial charge in [0.05, 0.1) is 19.9 Å². The van der Waals surface area contributed by atoms with Gasteiger partial charge in [0.2, 0.25) is 10.0 Å². The van der Waals surface area contributed by atoms with Crippen molar-refractivity contribution in [2.75, 3.05) is 32.6 Å². The van der Waals surface area contributed by atoms with Gasteiger partial charge >= 0.3 is 0 Å². The van der Waals surface area contributed by atoms with Crippen molar-refractivity contribution in [3.8, 4) is 11.5 Å². The molecule has 0 spiro atoms. The predicted molar refractivity (Wildman–Crippen MR) is 106 cm³/mol. The molecule has 3 rings (SSSR count). The number of aryl methyl sites for hydroxylation is 1. The molecule has 1 fully saturated rings. The highest BCUT2D eigenvalue weighted by Gasteiger charge is 2.33. The Balaban J connectivity index is 1.94. The third-order valence-electron chi connectivity index (χ3n) is 4.91. The molecule has 28 heavy (non-hydrogen) atoms. The van der Waals surface area contributed by atoms with Gasteiger partial charge in [-0.25, -0.2) is 8.42 Å². The smallest absolute Gasteiger partial charge is 0.272 e. The predicted octanol–water partition coefficient (Wildman–Crippen LogP) is 2.69. The molecule has 0 bridgehead atoms. The number of sulfonamides is 1. The number of methoxy groups -OCH3 is 2. The van der Waals surface area contributed by atoms with E-state index in [0.717, 1.165) is 12.8 Å². The number of hydrogen-bond donors (Lipinski definition) is 2. The lowest BCUT2D eigenvalue weighted by atomic mass is 10.2. The largest absolute Gasteiger partial charge is 0.497 e. The van der Waals surface area contributed by atoms with E-state index in [1.165, 1.54) is 18.5 Å². The molecule has 0 radical (unpaired) electrons. The van der Waals surface area contributed by atoms with Crippen LogP contribution in [0.25, 0.3) is 0 Å². The van der Waals surface area contributed by atoms with Gasteiger partial charge in [0.1, 0.15) is 22.1 Å². The second-order valence-electron chi connectivity index (χ2n) is 6.71. The Labute approximate surface area is 164 Å². The van der Waals surface area contributed by atoms with Crippen LogP contribution in [0.5, 0.6) is 11.5 Å². The summed E-state index contributed by atoms with van der Waals surface area (Å²) >= 11 is 0. The standard InChI is InChI=1S/C19H25N3O5S/c1-12-17(19(23)21-15-11-14(26-3)7-8-16(15)27-4)20-13(2)18(12)28(24,25)22-9-5-6-10-22/h7-8,11,20H,5-6,9-10H2,1-4H3,(H,21,23). The lowest BCUT2D eigenvalue weighted by Gasteiger charge is -2.16. The van der Waals surface area contributed by atoms with Gasteiger partial charge in [0.15, 0.2) is 0 Å². The van der Waals surface area contributed by atoms with Crippen LogP contribution in [0.1, 0.15) is 34.6 Å². The van der Waals surface area contributed by atoms with Crippen molar-refractivity contribution in [1.29, 1.82) is 0 Å². The zero-order valence-electron chi connectivity index (χ0n) is 16.5. The van der Waals surface area contributed by atoms with Crippen LogP contribution < -0.4 is 14.8 Å². The first-order valence-electron chi connectivity index (χ1n) is 9.02. The van der Waals surface area contributed by atoms with Crippen molar-refractivity contribution in [3.63, 3.8) is 0 Å². The van der Waals surface area contributed by atoms with E-state index in [1.54, 1.807) is 32.0 Å². The number of ether oxygens (including phenoxy) is 2. The van der Waals surface area contributed by atoms with Gasteiger partial charge in [0, 0.05) is 24.8 Å². The minimum Gasteiger partial charge on any atom is -0.497 e. The van der Waals surface area contributed by atoms with Crippen LogP contribution in [-0.2, 0) is 10.0 Å². The Morgan fingerprint density at radius 2 is 1.82 bits per heavy atom. The van der Waals surface area contributed by atoms with Crippen molar-refractivity contribution in [2.45, 2.75) is 31.6 Å². The van der Waals surface area contributed by atoms with Gasteiger partial charge in [0.25, 0.3) is 5.91 Å². The number of amides is 1. The number of rotatable bonds is 6. The molecule has 0 unspecified atom stereocenters.